The number of H-pyrrole nitrogens is 1. The molecule has 208 valence electrons. The van der Waals surface area contributed by atoms with Crippen molar-refractivity contribution < 1.29 is 18.7 Å². The molecule has 5 aromatic rings. The Labute approximate surface area is 238 Å². The van der Waals surface area contributed by atoms with Crippen LogP contribution in [0.25, 0.3) is 21.9 Å². The molecule has 0 saturated carbocycles. The summed E-state index contributed by atoms with van der Waals surface area (Å²) >= 11 is 1.25. The van der Waals surface area contributed by atoms with Crippen LogP contribution in [0.15, 0.2) is 54.3 Å². The van der Waals surface area contributed by atoms with Crippen molar-refractivity contribution in [2.24, 2.45) is 0 Å². The standard InChI is InChI=1S/C29H26FN7O3S/c30-19-2-1-3-21-26(19)18-13-25(28(38)36-8-10-40-11-9-36)37(15-24(18)35-21)29(39)27-23(34-16-41-27)14-33-17-4-5-20-22(12-17)32-7-6-31-20/h1-7,12,16,25,33,35H,8-11,13-15H2/t25-/m1/s1. The van der Waals surface area contributed by atoms with Crippen molar-refractivity contribution in [3.05, 3.63) is 81.9 Å². The first kappa shape index (κ1) is 25.5. The topological polar surface area (TPSA) is 116 Å². The van der Waals surface area contributed by atoms with Gasteiger partial charge in [0, 0.05) is 54.2 Å². The van der Waals surface area contributed by atoms with Crippen molar-refractivity contribution in [3.63, 3.8) is 0 Å². The van der Waals surface area contributed by atoms with Crippen LogP contribution in [0.4, 0.5) is 10.1 Å². The van der Waals surface area contributed by atoms with Crippen molar-refractivity contribution >= 4 is 50.8 Å². The lowest BCUT2D eigenvalue weighted by atomic mass is 9.95. The summed E-state index contributed by atoms with van der Waals surface area (Å²) in [6, 6.07) is 9.80. The van der Waals surface area contributed by atoms with Crippen LogP contribution in [0, 0.1) is 5.82 Å². The van der Waals surface area contributed by atoms with Gasteiger partial charge in [-0.1, -0.05) is 6.07 Å². The summed E-state index contributed by atoms with van der Waals surface area (Å²) in [4.78, 5) is 48.2. The van der Waals surface area contributed by atoms with Crippen LogP contribution in [0.3, 0.4) is 0 Å². The van der Waals surface area contributed by atoms with Crippen LogP contribution < -0.4 is 5.32 Å². The van der Waals surface area contributed by atoms with E-state index in [4.69, 9.17) is 4.74 Å². The Bertz CT molecular complexity index is 1780. The monoisotopic (exact) mass is 571 g/mol. The van der Waals surface area contributed by atoms with E-state index < -0.39 is 6.04 Å². The molecule has 5 heterocycles. The van der Waals surface area contributed by atoms with Gasteiger partial charge in [-0.05, 0) is 35.9 Å². The normalized spacial score (nSPS) is 17.1. The van der Waals surface area contributed by atoms with E-state index in [1.165, 1.54) is 17.4 Å². The predicted molar refractivity (Wildman–Crippen MR) is 152 cm³/mol. The SMILES string of the molecule is O=C([C@H]1Cc2c([nH]c3cccc(F)c23)CN1C(=O)c1scnc1CNc1ccc2nccnc2c1)N1CCOCC1. The first-order valence-electron chi connectivity index (χ1n) is 13.4. The number of halogens is 1. The Morgan fingerprint density at radius 3 is 2.78 bits per heavy atom. The minimum Gasteiger partial charge on any atom is -0.379 e. The van der Waals surface area contributed by atoms with E-state index in [2.05, 4.69) is 25.3 Å². The number of aromatic amines is 1. The molecule has 2 aliphatic rings. The Kier molecular flexibility index (Phi) is 6.56. The molecule has 2 N–H and O–H groups in total. The number of carbonyl (C=O) groups is 2. The van der Waals surface area contributed by atoms with Gasteiger partial charge in [-0.2, -0.15) is 0 Å². The fourth-order valence-corrected chi connectivity index (χ4v) is 6.42. The van der Waals surface area contributed by atoms with Crippen molar-refractivity contribution in [1.82, 2.24) is 29.7 Å². The summed E-state index contributed by atoms with van der Waals surface area (Å²) in [5.74, 6) is -0.766. The van der Waals surface area contributed by atoms with Gasteiger partial charge in [0.1, 0.15) is 16.7 Å². The Morgan fingerprint density at radius 1 is 1.10 bits per heavy atom. The number of nitrogens with zero attached hydrogens (tertiary/aromatic N) is 5. The molecule has 1 atom stereocenters. The summed E-state index contributed by atoms with van der Waals surface area (Å²) < 4.78 is 20.3. The number of hydrogen-bond donors (Lipinski definition) is 2. The molecule has 0 spiro atoms. The summed E-state index contributed by atoms with van der Waals surface area (Å²) in [7, 11) is 0. The van der Waals surface area contributed by atoms with Crippen LogP contribution in [0.1, 0.15) is 26.6 Å². The van der Waals surface area contributed by atoms with Crippen LogP contribution >= 0.6 is 11.3 Å². The number of rotatable bonds is 5. The largest absolute Gasteiger partial charge is 0.379 e. The van der Waals surface area contributed by atoms with Gasteiger partial charge >= 0.3 is 0 Å². The number of aromatic nitrogens is 4. The molecule has 0 radical (unpaired) electrons. The smallest absolute Gasteiger partial charge is 0.266 e. The second-order valence-corrected chi connectivity index (χ2v) is 10.9. The van der Waals surface area contributed by atoms with Crippen LogP contribution in [0.2, 0.25) is 0 Å². The van der Waals surface area contributed by atoms with E-state index in [0.29, 0.717) is 54.3 Å². The first-order chi connectivity index (χ1) is 20.1. The number of benzene rings is 2. The number of thiazole rings is 1. The lowest BCUT2D eigenvalue weighted by Gasteiger charge is -2.38. The second-order valence-electron chi connectivity index (χ2n) is 10.1. The fourth-order valence-electron chi connectivity index (χ4n) is 5.66. The third kappa shape index (κ3) is 4.68. The van der Waals surface area contributed by atoms with Crippen molar-refractivity contribution in [3.8, 4) is 0 Å². The number of amides is 2. The highest BCUT2D eigenvalue weighted by Crippen LogP contribution is 2.34. The van der Waals surface area contributed by atoms with Gasteiger partial charge in [-0.3, -0.25) is 19.6 Å². The molecule has 12 heteroatoms. The molecule has 2 aromatic carbocycles. The molecular weight excluding hydrogens is 545 g/mol. The van der Waals surface area contributed by atoms with Gasteiger partial charge in [-0.25, -0.2) is 9.37 Å². The van der Waals surface area contributed by atoms with E-state index in [1.807, 2.05) is 24.3 Å². The lowest BCUT2D eigenvalue weighted by molar-refractivity contribution is -0.140. The average Bonchev–Trinajstić information content (AvgIpc) is 3.64. The number of morpholine rings is 1. The van der Waals surface area contributed by atoms with E-state index in [1.54, 1.807) is 33.8 Å². The maximum Gasteiger partial charge on any atom is 0.266 e. The van der Waals surface area contributed by atoms with Gasteiger partial charge in [0.25, 0.3) is 5.91 Å². The van der Waals surface area contributed by atoms with Crippen molar-refractivity contribution in [2.75, 3.05) is 31.6 Å². The van der Waals surface area contributed by atoms with Gasteiger partial charge in [0.15, 0.2) is 0 Å². The highest BCUT2D eigenvalue weighted by atomic mass is 32.1. The highest BCUT2D eigenvalue weighted by molar-refractivity contribution is 7.11. The quantitative estimate of drug-likeness (QED) is 0.330. The van der Waals surface area contributed by atoms with Gasteiger partial charge in [0.05, 0.1) is 48.5 Å². The second kappa shape index (κ2) is 10.5. The predicted octanol–water partition coefficient (Wildman–Crippen LogP) is 3.74. The molecule has 0 bridgehead atoms. The number of carbonyl (C=O) groups excluding carboxylic acids is 2. The third-order valence-electron chi connectivity index (χ3n) is 7.70. The van der Waals surface area contributed by atoms with Crippen LogP contribution in [-0.4, -0.2) is 73.9 Å². The zero-order valence-electron chi connectivity index (χ0n) is 22.0. The van der Waals surface area contributed by atoms with E-state index >= 15 is 0 Å². The first-order valence-corrected chi connectivity index (χ1v) is 14.3. The molecule has 0 aliphatic carbocycles. The number of nitrogens with one attached hydrogen (secondary N) is 2. The molecule has 3 aromatic heterocycles. The highest BCUT2D eigenvalue weighted by Gasteiger charge is 2.40. The Morgan fingerprint density at radius 2 is 1.93 bits per heavy atom. The number of fused-ring (bicyclic) bond motifs is 4. The zero-order chi connectivity index (χ0) is 27.9. The van der Waals surface area contributed by atoms with Crippen LogP contribution in [-0.2, 0) is 29.0 Å². The van der Waals surface area contributed by atoms with Crippen molar-refractivity contribution in [2.45, 2.75) is 25.6 Å². The molecule has 1 saturated heterocycles. The van der Waals surface area contributed by atoms with Gasteiger partial charge in [-0.15, -0.1) is 11.3 Å². The molecular formula is C29H26FN7O3S. The summed E-state index contributed by atoms with van der Waals surface area (Å²) in [6.07, 6.45) is 3.52. The maximum absolute atomic E-state index is 14.9. The number of hydrogen-bond acceptors (Lipinski definition) is 8. The van der Waals surface area contributed by atoms with E-state index in [9.17, 15) is 14.0 Å². The Balaban J connectivity index is 1.19. The van der Waals surface area contributed by atoms with E-state index in [0.717, 1.165) is 28.0 Å². The minimum absolute atomic E-state index is 0.153. The number of ether oxygens (including phenoxy) is 1. The van der Waals surface area contributed by atoms with Gasteiger partial charge in [0.2, 0.25) is 5.91 Å². The average molecular weight is 572 g/mol. The molecule has 41 heavy (non-hydrogen) atoms. The molecule has 2 aliphatic heterocycles. The minimum atomic E-state index is -0.770. The lowest BCUT2D eigenvalue weighted by Crippen LogP contribution is -2.55. The molecule has 0 unspecified atom stereocenters. The van der Waals surface area contributed by atoms with Gasteiger partial charge < -0.3 is 24.8 Å². The summed E-state index contributed by atoms with van der Waals surface area (Å²) in [5, 5.41) is 3.81. The number of anilines is 1. The maximum atomic E-state index is 14.9. The molecule has 1 fully saturated rings. The zero-order valence-corrected chi connectivity index (χ0v) is 22.8. The third-order valence-corrected chi connectivity index (χ3v) is 8.56. The summed E-state index contributed by atoms with van der Waals surface area (Å²) in [6.45, 7) is 2.29. The fraction of sp³-hybridized carbons (Fsp3) is 0.276. The molecule has 7 rings (SSSR count). The Hall–Kier alpha value is -4.42. The van der Waals surface area contributed by atoms with Crippen LogP contribution in [0.5, 0.6) is 0 Å². The summed E-state index contributed by atoms with van der Waals surface area (Å²) in [5.41, 5.74) is 6.76. The molecule has 2 amide bonds. The van der Waals surface area contributed by atoms with Crippen molar-refractivity contribution in [1.29, 1.82) is 0 Å². The van der Waals surface area contributed by atoms with E-state index in [-0.39, 0.29) is 30.6 Å². The molecule has 10 nitrogen and oxygen atoms in total.